The van der Waals surface area contributed by atoms with E-state index in [2.05, 4.69) is 15.0 Å². The molecular formula is C24H27FN4O4. The molecule has 0 aliphatic carbocycles. The fraction of sp³-hybridized carbons (Fsp3) is 0.500. The number of carbonyl (C=O) groups is 1. The van der Waals surface area contributed by atoms with Gasteiger partial charge in [0.2, 0.25) is 0 Å². The Morgan fingerprint density at radius 3 is 2.85 bits per heavy atom. The molecule has 9 heteroatoms. The Morgan fingerprint density at radius 2 is 2.06 bits per heavy atom. The molecule has 8 nitrogen and oxygen atoms in total. The van der Waals surface area contributed by atoms with Gasteiger partial charge in [-0.1, -0.05) is 5.16 Å². The second kappa shape index (κ2) is 9.05. The summed E-state index contributed by atoms with van der Waals surface area (Å²) < 4.78 is 25.6. The van der Waals surface area contributed by atoms with Crippen molar-refractivity contribution in [3.05, 3.63) is 57.1 Å². The lowest BCUT2D eigenvalue weighted by Crippen LogP contribution is -2.38. The van der Waals surface area contributed by atoms with Gasteiger partial charge in [-0.25, -0.2) is 9.37 Å². The Balaban J connectivity index is 1.24. The molecule has 174 valence electrons. The number of hydrogen-bond donors (Lipinski definition) is 0. The molecule has 0 N–H and O–H groups in total. The molecule has 1 unspecified atom stereocenters. The minimum atomic E-state index is -0.445. The number of aryl methyl sites for hydroxylation is 1. The SMILES string of the molecule is Cc1nc2n(c(=O)c1CCN1CCC(c3noc4cc(F)ccc34)CC1)CCCC2OC=O. The van der Waals surface area contributed by atoms with Crippen LogP contribution in [0.1, 0.15) is 60.5 Å². The maximum atomic E-state index is 13.4. The Morgan fingerprint density at radius 1 is 1.24 bits per heavy atom. The fourth-order valence-corrected chi connectivity index (χ4v) is 5.16. The van der Waals surface area contributed by atoms with Gasteiger partial charge in [0.05, 0.1) is 5.69 Å². The number of aromatic nitrogens is 3. The van der Waals surface area contributed by atoms with Crippen LogP contribution in [0.3, 0.4) is 0 Å². The van der Waals surface area contributed by atoms with Crippen molar-refractivity contribution in [1.82, 2.24) is 19.6 Å². The molecule has 1 atom stereocenters. The zero-order valence-corrected chi connectivity index (χ0v) is 18.6. The molecule has 1 saturated heterocycles. The van der Waals surface area contributed by atoms with E-state index in [9.17, 15) is 14.0 Å². The Kier molecular flexibility index (Phi) is 5.97. The van der Waals surface area contributed by atoms with Crippen molar-refractivity contribution in [3.63, 3.8) is 0 Å². The highest BCUT2D eigenvalue weighted by Crippen LogP contribution is 2.33. The van der Waals surface area contributed by atoms with Crippen LogP contribution in [0.5, 0.6) is 0 Å². The third kappa shape index (κ3) is 4.17. The number of carbonyl (C=O) groups excluding carboxylic acids is 1. The Hall–Kier alpha value is -3.07. The zero-order valence-electron chi connectivity index (χ0n) is 18.6. The van der Waals surface area contributed by atoms with Gasteiger partial charge in [-0.15, -0.1) is 0 Å². The number of piperidine rings is 1. The maximum absolute atomic E-state index is 13.4. The van der Waals surface area contributed by atoms with Crippen molar-refractivity contribution in [1.29, 1.82) is 0 Å². The summed E-state index contributed by atoms with van der Waals surface area (Å²) in [5, 5.41) is 5.10. The molecule has 0 spiro atoms. The normalized spacial score (nSPS) is 19.5. The number of rotatable bonds is 6. The first-order valence-corrected chi connectivity index (χ1v) is 11.5. The van der Waals surface area contributed by atoms with Crippen molar-refractivity contribution < 1.29 is 18.4 Å². The predicted molar refractivity (Wildman–Crippen MR) is 118 cm³/mol. The third-order valence-corrected chi connectivity index (χ3v) is 6.97. The third-order valence-electron chi connectivity index (χ3n) is 6.97. The van der Waals surface area contributed by atoms with Gasteiger partial charge in [-0.2, -0.15) is 0 Å². The molecule has 33 heavy (non-hydrogen) atoms. The molecule has 5 rings (SSSR count). The van der Waals surface area contributed by atoms with Crippen LogP contribution in [0.4, 0.5) is 4.39 Å². The van der Waals surface area contributed by atoms with Crippen molar-refractivity contribution >= 4 is 17.4 Å². The molecular weight excluding hydrogens is 427 g/mol. The first-order chi connectivity index (χ1) is 16.0. The van der Waals surface area contributed by atoms with Crippen LogP contribution < -0.4 is 5.56 Å². The second-order valence-electron chi connectivity index (χ2n) is 8.93. The molecule has 0 saturated carbocycles. The molecule has 1 fully saturated rings. The van der Waals surface area contributed by atoms with Crippen LogP contribution in [0, 0.1) is 12.7 Å². The number of nitrogens with zero attached hydrogens (tertiary/aromatic N) is 4. The average Bonchev–Trinajstić information content (AvgIpc) is 3.23. The van der Waals surface area contributed by atoms with Crippen LogP contribution in [-0.2, 0) is 22.5 Å². The number of ether oxygens (including phenoxy) is 1. The fourth-order valence-electron chi connectivity index (χ4n) is 5.16. The lowest BCUT2D eigenvalue weighted by Gasteiger charge is -2.31. The minimum Gasteiger partial charge on any atom is -0.456 e. The van der Waals surface area contributed by atoms with E-state index in [1.165, 1.54) is 12.1 Å². The van der Waals surface area contributed by atoms with Crippen LogP contribution >= 0.6 is 0 Å². The first-order valence-electron chi connectivity index (χ1n) is 11.5. The van der Waals surface area contributed by atoms with Gasteiger partial charge in [0, 0.05) is 41.7 Å². The van der Waals surface area contributed by atoms with E-state index in [0.717, 1.165) is 55.5 Å². The van der Waals surface area contributed by atoms with Crippen molar-refractivity contribution in [2.75, 3.05) is 19.6 Å². The van der Waals surface area contributed by atoms with E-state index in [4.69, 9.17) is 9.26 Å². The minimum absolute atomic E-state index is 0.0205. The lowest BCUT2D eigenvalue weighted by molar-refractivity contribution is -0.135. The van der Waals surface area contributed by atoms with Gasteiger partial charge in [-0.3, -0.25) is 14.2 Å². The van der Waals surface area contributed by atoms with Crippen LogP contribution in [0.2, 0.25) is 0 Å². The molecule has 0 amide bonds. The van der Waals surface area contributed by atoms with E-state index in [1.54, 1.807) is 10.6 Å². The number of likely N-dealkylation sites (tertiary alicyclic amines) is 1. The molecule has 0 radical (unpaired) electrons. The summed E-state index contributed by atoms with van der Waals surface area (Å²) in [5.41, 5.74) is 2.82. The first kappa shape index (κ1) is 21.8. The Labute approximate surface area is 190 Å². The summed E-state index contributed by atoms with van der Waals surface area (Å²) in [6, 6.07) is 4.56. The largest absolute Gasteiger partial charge is 0.456 e. The Bertz CT molecular complexity index is 1230. The molecule has 2 aliphatic rings. The highest BCUT2D eigenvalue weighted by molar-refractivity contribution is 5.79. The quantitative estimate of drug-likeness (QED) is 0.528. The molecule has 0 bridgehead atoms. The number of fused-ring (bicyclic) bond motifs is 2. The molecule has 1 aromatic carbocycles. The summed E-state index contributed by atoms with van der Waals surface area (Å²) in [6.07, 6.45) is 3.53. The summed E-state index contributed by atoms with van der Waals surface area (Å²) in [7, 11) is 0. The average molecular weight is 455 g/mol. The van der Waals surface area contributed by atoms with Crippen molar-refractivity contribution in [3.8, 4) is 0 Å². The monoisotopic (exact) mass is 454 g/mol. The predicted octanol–water partition coefficient (Wildman–Crippen LogP) is 3.26. The summed E-state index contributed by atoms with van der Waals surface area (Å²) in [5.74, 6) is 0.510. The molecule has 3 aromatic rings. The standard InChI is InChI=1S/C24H27FN4O4/c1-15-18(24(31)29-9-2-3-20(32-14-30)23(29)26-15)8-12-28-10-6-16(7-11-28)22-19-5-4-17(25)13-21(19)33-27-22/h4-5,13-14,16,20H,2-3,6-12H2,1H3. The molecule has 4 heterocycles. The summed E-state index contributed by atoms with van der Waals surface area (Å²) >= 11 is 0. The van der Waals surface area contributed by atoms with Gasteiger partial charge in [-0.05, 0) is 64.3 Å². The van der Waals surface area contributed by atoms with Gasteiger partial charge in [0.25, 0.3) is 12.0 Å². The van der Waals surface area contributed by atoms with Gasteiger partial charge in [0.15, 0.2) is 17.5 Å². The highest BCUT2D eigenvalue weighted by Gasteiger charge is 2.28. The molecule has 2 aromatic heterocycles. The van der Waals surface area contributed by atoms with Crippen LogP contribution in [0.15, 0.2) is 27.5 Å². The lowest BCUT2D eigenvalue weighted by atomic mass is 9.91. The maximum Gasteiger partial charge on any atom is 0.293 e. The van der Waals surface area contributed by atoms with Crippen molar-refractivity contribution in [2.24, 2.45) is 0 Å². The highest BCUT2D eigenvalue weighted by atomic mass is 19.1. The van der Waals surface area contributed by atoms with Gasteiger partial charge in [0.1, 0.15) is 5.82 Å². The van der Waals surface area contributed by atoms with Gasteiger partial charge < -0.3 is 14.2 Å². The topological polar surface area (TPSA) is 90.5 Å². The smallest absolute Gasteiger partial charge is 0.293 e. The van der Waals surface area contributed by atoms with Crippen LogP contribution in [0.25, 0.3) is 11.0 Å². The summed E-state index contributed by atoms with van der Waals surface area (Å²) in [4.78, 5) is 30.9. The number of halogens is 1. The number of hydrogen-bond acceptors (Lipinski definition) is 7. The van der Waals surface area contributed by atoms with Gasteiger partial charge >= 0.3 is 0 Å². The van der Waals surface area contributed by atoms with E-state index in [0.29, 0.717) is 43.0 Å². The number of benzene rings is 1. The second-order valence-corrected chi connectivity index (χ2v) is 8.93. The van der Waals surface area contributed by atoms with E-state index in [-0.39, 0.29) is 17.3 Å². The van der Waals surface area contributed by atoms with Crippen LogP contribution in [-0.4, -0.2) is 45.7 Å². The van der Waals surface area contributed by atoms with E-state index >= 15 is 0 Å². The zero-order chi connectivity index (χ0) is 22.9. The van der Waals surface area contributed by atoms with E-state index in [1.807, 2.05) is 6.92 Å². The van der Waals surface area contributed by atoms with E-state index < -0.39 is 6.10 Å². The summed E-state index contributed by atoms with van der Waals surface area (Å²) in [6.45, 7) is 5.47. The van der Waals surface area contributed by atoms with Crippen molar-refractivity contribution in [2.45, 2.75) is 57.6 Å². The molecule has 2 aliphatic heterocycles.